The molecule has 0 aliphatic carbocycles. The SMILES string of the molecule is COC(=O)[C@H](CC(C)C)NS(=O)(=O)c1ccccc1I(=O)=O. The van der Waals surface area contributed by atoms with Crippen LogP contribution >= 0.6 is 19.8 Å². The quantitative estimate of drug-likeness (QED) is 0.510. The Hall–Kier alpha value is -1.07. The average Bonchev–Trinajstić information content (AvgIpc) is 2.45. The van der Waals surface area contributed by atoms with E-state index in [0.717, 1.165) is 7.11 Å². The van der Waals surface area contributed by atoms with E-state index in [1.54, 1.807) is 0 Å². The Bertz CT molecular complexity index is 703. The lowest BCUT2D eigenvalue weighted by Gasteiger charge is -2.18. The summed E-state index contributed by atoms with van der Waals surface area (Å²) in [6, 6.07) is 4.23. The van der Waals surface area contributed by atoms with E-state index in [1.165, 1.54) is 24.3 Å². The molecule has 0 radical (unpaired) electrons. The topological polar surface area (TPSA) is 107 Å². The van der Waals surface area contributed by atoms with E-state index >= 15 is 0 Å². The Morgan fingerprint density at radius 1 is 1.27 bits per heavy atom. The number of methoxy groups -OCH3 is 1. The van der Waals surface area contributed by atoms with E-state index in [4.69, 9.17) is 0 Å². The van der Waals surface area contributed by atoms with E-state index in [9.17, 15) is 19.4 Å². The summed E-state index contributed by atoms with van der Waals surface area (Å²) < 4.78 is 53.9. The highest BCUT2D eigenvalue weighted by Gasteiger charge is 2.29. The zero-order valence-electron chi connectivity index (χ0n) is 12.4. The summed E-state index contributed by atoms with van der Waals surface area (Å²) in [4.78, 5) is 11.4. The highest BCUT2D eigenvalue weighted by atomic mass is 127. The van der Waals surface area contributed by atoms with Crippen molar-refractivity contribution in [3.05, 3.63) is 27.8 Å². The largest absolute Gasteiger partial charge is 0.468 e. The number of halogens is 1. The fraction of sp³-hybridized carbons (Fsp3) is 0.462. The molecule has 1 aromatic rings. The van der Waals surface area contributed by atoms with Crippen LogP contribution in [-0.4, -0.2) is 27.5 Å². The molecule has 1 aromatic carbocycles. The molecule has 0 saturated heterocycles. The molecule has 1 atom stereocenters. The number of nitrogens with one attached hydrogen (secondary N) is 1. The summed E-state index contributed by atoms with van der Waals surface area (Å²) >= 11 is -3.98. The average molecular weight is 443 g/mol. The number of esters is 1. The van der Waals surface area contributed by atoms with Gasteiger partial charge in [0.25, 0.3) is 0 Å². The molecule has 9 heteroatoms. The van der Waals surface area contributed by atoms with E-state index in [0.29, 0.717) is 0 Å². The molecule has 0 unspecified atom stereocenters. The molecule has 1 rings (SSSR count). The Labute approximate surface area is 136 Å². The number of benzene rings is 1. The van der Waals surface area contributed by atoms with Gasteiger partial charge in [0.05, 0.1) is 10.7 Å². The Kier molecular flexibility index (Phi) is 6.88. The smallest absolute Gasteiger partial charge is 0.342 e. The van der Waals surface area contributed by atoms with Crippen molar-refractivity contribution in [3.8, 4) is 0 Å². The molecule has 0 amide bonds. The third kappa shape index (κ3) is 4.99. The molecule has 124 valence electrons. The number of ether oxygens (including phenoxy) is 1. The number of rotatable bonds is 7. The third-order valence-corrected chi connectivity index (χ3v) is 6.57. The van der Waals surface area contributed by atoms with Crippen molar-refractivity contribution in [2.75, 3.05) is 7.11 Å². The molecule has 0 fully saturated rings. The second kappa shape index (κ2) is 7.97. The van der Waals surface area contributed by atoms with E-state index in [1.807, 2.05) is 13.8 Å². The lowest BCUT2D eigenvalue weighted by atomic mass is 10.1. The van der Waals surface area contributed by atoms with Gasteiger partial charge in [0.1, 0.15) is 10.9 Å². The van der Waals surface area contributed by atoms with Crippen LogP contribution in [0, 0.1) is 9.49 Å². The van der Waals surface area contributed by atoms with Gasteiger partial charge in [0.2, 0.25) is 10.0 Å². The lowest BCUT2D eigenvalue weighted by molar-refractivity contribution is -0.143. The number of carbonyl (C=O) groups is 1. The summed E-state index contributed by atoms with van der Waals surface area (Å²) in [6.07, 6.45) is 0.241. The maximum atomic E-state index is 12.4. The number of hydrogen-bond donors (Lipinski definition) is 1. The van der Waals surface area contributed by atoms with Gasteiger partial charge >= 0.3 is 25.8 Å². The van der Waals surface area contributed by atoms with Gasteiger partial charge in [-0.1, -0.05) is 26.0 Å². The normalized spacial score (nSPS) is 13.3. The van der Waals surface area contributed by atoms with Crippen LogP contribution in [0.25, 0.3) is 0 Å². The van der Waals surface area contributed by atoms with Crippen LogP contribution in [0.2, 0.25) is 0 Å². The first-order valence-electron chi connectivity index (χ1n) is 6.43. The highest BCUT2D eigenvalue weighted by Crippen LogP contribution is 2.25. The van der Waals surface area contributed by atoms with Crippen LogP contribution in [0.3, 0.4) is 0 Å². The van der Waals surface area contributed by atoms with Gasteiger partial charge in [-0.25, -0.2) is 14.6 Å². The summed E-state index contributed by atoms with van der Waals surface area (Å²) in [7, 11) is -2.98. The fourth-order valence-electron chi connectivity index (χ4n) is 1.85. The molecular weight excluding hydrogens is 425 g/mol. The summed E-state index contributed by atoms with van der Waals surface area (Å²) in [6.45, 7) is 3.66. The van der Waals surface area contributed by atoms with Gasteiger partial charge in [-0.15, -0.1) is 0 Å². The minimum Gasteiger partial charge on any atom is -0.468 e. The van der Waals surface area contributed by atoms with Crippen molar-refractivity contribution >= 4 is 35.8 Å². The van der Waals surface area contributed by atoms with E-state index < -0.39 is 41.8 Å². The molecule has 1 N–H and O–H groups in total. The van der Waals surface area contributed by atoms with Crippen LogP contribution in [0.4, 0.5) is 0 Å². The minimum atomic E-state index is -4.15. The van der Waals surface area contributed by atoms with Crippen LogP contribution < -0.4 is 4.72 Å². The predicted octanol–water partition coefficient (Wildman–Crippen LogP) is 1.92. The van der Waals surface area contributed by atoms with Crippen molar-refractivity contribution in [1.82, 2.24) is 4.72 Å². The van der Waals surface area contributed by atoms with Crippen LogP contribution in [0.1, 0.15) is 20.3 Å². The first kappa shape index (κ1) is 19.0. The highest BCUT2D eigenvalue weighted by molar-refractivity contribution is 14.2. The molecule has 0 aliphatic heterocycles. The van der Waals surface area contributed by atoms with Crippen molar-refractivity contribution in [2.24, 2.45) is 5.92 Å². The molecule has 0 bridgehead atoms. The second-order valence-corrected chi connectivity index (χ2v) is 9.06. The zero-order valence-corrected chi connectivity index (χ0v) is 15.4. The first-order valence-corrected chi connectivity index (χ1v) is 10.8. The Morgan fingerprint density at radius 3 is 2.36 bits per heavy atom. The van der Waals surface area contributed by atoms with Gasteiger partial charge in [0.15, 0.2) is 0 Å². The minimum absolute atomic E-state index is 0.0457. The van der Waals surface area contributed by atoms with E-state index in [-0.39, 0.29) is 20.8 Å². The van der Waals surface area contributed by atoms with Crippen molar-refractivity contribution in [2.45, 2.75) is 31.2 Å². The summed E-state index contributed by atoms with van der Waals surface area (Å²) in [5.41, 5.74) is 0. The molecule has 0 aromatic heterocycles. The molecule has 0 heterocycles. The maximum absolute atomic E-state index is 12.4. The molecular formula is C13H18INO6S. The lowest BCUT2D eigenvalue weighted by Crippen LogP contribution is -2.42. The van der Waals surface area contributed by atoms with Crippen molar-refractivity contribution < 1.29 is 24.1 Å². The fourth-order valence-corrected chi connectivity index (χ4v) is 5.53. The third-order valence-electron chi connectivity index (χ3n) is 2.78. The summed E-state index contributed by atoms with van der Waals surface area (Å²) in [5, 5.41) is 0. The standard InChI is InChI=1S/C13H18INO6S/c1-9(2)8-11(13(16)21-3)15-22(19,20)12-7-5-4-6-10(12)14(17)18/h4-7,9,11,15H,8H2,1-3H3/t11-/m0/s1. The van der Waals surface area contributed by atoms with Gasteiger partial charge < -0.3 is 4.74 Å². The monoisotopic (exact) mass is 443 g/mol. The maximum Gasteiger partial charge on any atom is 0.342 e. The van der Waals surface area contributed by atoms with Crippen molar-refractivity contribution in [1.29, 1.82) is 0 Å². The Balaban J connectivity index is 3.21. The van der Waals surface area contributed by atoms with Crippen molar-refractivity contribution in [3.63, 3.8) is 0 Å². The second-order valence-electron chi connectivity index (χ2n) is 4.97. The van der Waals surface area contributed by atoms with Gasteiger partial charge in [0, 0.05) is 0 Å². The predicted molar refractivity (Wildman–Crippen MR) is 86.1 cm³/mol. The van der Waals surface area contributed by atoms with Gasteiger partial charge in [-0.2, -0.15) is 4.72 Å². The number of hydrogen-bond acceptors (Lipinski definition) is 6. The van der Waals surface area contributed by atoms with Gasteiger partial charge in [-0.05, 0) is 24.5 Å². The number of sulfonamides is 1. The molecule has 22 heavy (non-hydrogen) atoms. The van der Waals surface area contributed by atoms with Gasteiger partial charge in [-0.3, -0.25) is 4.79 Å². The van der Waals surface area contributed by atoms with Crippen LogP contribution in [-0.2, 0) is 25.7 Å². The summed E-state index contributed by atoms with van der Waals surface area (Å²) in [5.74, 6) is -0.668. The molecule has 0 saturated carbocycles. The molecule has 0 aliphatic rings. The van der Waals surface area contributed by atoms with Crippen LogP contribution in [0.15, 0.2) is 29.2 Å². The first-order chi connectivity index (χ1) is 10.2. The molecule has 0 spiro atoms. The Morgan fingerprint density at radius 2 is 1.86 bits per heavy atom. The zero-order chi connectivity index (χ0) is 16.9. The van der Waals surface area contributed by atoms with Crippen LogP contribution in [0.5, 0.6) is 0 Å². The number of carbonyl (C=O) groups excluding carboxylic acids is 1. The molecule has 7 nitrogen and oxygen atoms in total. The van der Waals surface area contributed by atoms with E-state index in [2.05, 4.69) is 9.46 Å².